The van der Waals surface area contributed by atoms with Gasteiger partial charge in [0.15, 0.2) is 0 Å². The molecule has 0 aliphatic heterocycles. The molecule has 2 nitrogen and oxygen atoms in total. The molecule has 0 atom stereocenters. The zero-order valence-corrected chi connectivity index (χ0v) is 12.8. The summed E-state index contributed by atoms with van der Waals surface area (Å²) in [7, 11) is 0. The van der Waals surface area contributed by atoms with Gasteiger partial charge in [0.1, 0.15) is 5.84 Å². The van der Waals surface area contributed by atoms with Gasteiger partial charge < -0.3 is 5.73 Å². The highest BCUT2D eigenvalue weighted by molar-refractivity contribution is 8.02. The maximum Gasteiger partial charge on any atom is 0.122 e. The lowest BCUT2D eigenvalue weighted by Crippen LogP contribution is -2.10. The lowest BCUT2D eigenvalue weighted by Gasteiger charge is -2.03. The second kappa shape index (κ2) is 6.50. The van der Waals surface area contributed by atoms with Crippen LogP contribution in [-0.2, 0) is 0 Å². The van der Waals surface area contributed by atoms with Crippen LogP contribution in [0.5, 0.6) is 0 Å². The van der Waals surface area contributed by atoms with Gasteiger partial charge in [-0.3, -0.25) is 5.41 Å². The number of rotatable bonds is 4. The summed E-state index contributed by atoms with van der Waals surface area (Å²) in [5, 5.41) is 11.8. The lowest BCUT2D eigenvalue weighted by molar-refractivity contribution is 1.43. The smallest absolute Gasteiger partial charge is 0.122 e. The van der Waals surface area contributed by atoms with Crippen LogP contribution in [0.15, 0.2) is 77.0 Å². The highest BCUT2D eigenvalue weighted by Gasteiger charge is 1.99. The second-order valence-corrected chi connectivity index (χ2v) is 5.95. The van der Waals surface area contributed by atoms with Gasteiger partial charge in [-0.15, -0.1) is 0 Å². The van der Waals surface area contributed by atoms with Crippen LogP contribution in [0, 0.1) is 5.41 Å². The minimum absolute atomic E-state index is 0.102. The summed E-state index contributed by atoms with van der Waals surface area (Å²) in [6.07, 6.45) is 2.11. The van der Waals surface area contributed by atoms with E-state index >= 15 is 0 Å². The summed E-state index contributed by atoms with van der Waals surface area (Å²) in [6.45, 7) is 0. The molecule has 22 heavy (non-hydrogen) atoms. The first-order valence-electron chi connectivity index (χ1n) is 6.99. The van der Waals surface area contributed by atoms with Crippen LogP contribution >= 0.6 is 11.8 Å². The maximum absolute atomic E-state index is 7.49. The third-order valence-corrected chi connectivity index (χ3v) is 4.20. The van der Waals surface area contributed by atoms with E-state index in [1.807, 2.05) is 36.4 Å². The summed E-state index contributed by atoms with van der Waals surface area (Å²) in [5.74, 6) is 0.102. The molecule has 0 fully saturated rings. The minimum Gasteiger partial charge on any atom is -0.384 e. The van der Waals surface area contributed by atoms with Crippen molar-refractivity contribution in [1.82, 2.24) is 0 Å². The Labute approximate surface area is 134 Å². The number of nitrogens with two attached hydrogens (primary N) is 1. The average Bonchev–Trinajstić information content (AvgIpc) is 2.55. The predicted molar refractivity (Wildman–Crippen MR) is 96.3 cm³/mol. The predicted octanol–water partition coefficient (Wildman–Crippen LogP) is 4.89. The van der Waals surface area contributed by atoms with Crippen molar-refractivity contribution in [2.24, 2.45) is 5.73 Å². The van der Waals surface area contributed by atoms with E-state index in [1.165, 1.54) is 4.90 Å². The number of amidine groups is 1. The monoisotopic (exact) mass is 304 g/mol. The molecule has 3 aromatic carbocycles. The highest BCUT2D eigenvalue weighted by Crippen LogP contribution is 2.22. The van der Waals surface area contributed by atoms with Crippen LogP contribution in [-0.4, -0.2) is 5.84 Å². The fraction of sp³-hybridized carbons (Fsp3) is 0. The molecule has 3 rings (SSSR count). The van der Waals surface area contributed by atoms with E-state index in [1.54, 1.807) is 11.8 Å². The summed E-state index contributed by atoms with van der Waals surface area (Å²) in [4.78, 5) is 1.23. The van der Waals surface area contributed by atoms with Crippen LogP contribution in [0.3, 0.4) is 0 Å². The first-order chi connectivity index (χ1) is 10.7. The van der Waals surface area contributed by atoms with Gasteiger partial charge in [0.05, 0.1) is 0 Å². The van der Waals surface area contributed by atoms with Crippen LogP contribution in [0.25, 0.3) is 16.8 Å². The Bertz CT molecular complexity index is 838. The standard InChI is InChI=1S/C19H16N2S/c20-19(21)17-9-8-15-12-14(6-7-16(15)13-17)10-11-22-18-4-2-1-3-5-18/h1-13H,(H3,20,21). The van der Waals surface area contributed by atoms with Crippen molar-refractivity contribution in [3.8, 4) is 0 Å². The lowest BCUT2D eigenvalue weighted by atomic mass is 10.0. The maximum atomic E-state index is 7.49. The Morgan fingerprint density at radius 2 is 1.64 bits per heavy atom. The van der Waals surface area contributed by atoms with Gasteiger partial charge in [0.2, 0.25) is 0 Å². The van der Waals surface area contributed by atoms with Gasteiger partial charge in [-0.25, -0.2) is 0 Å². The molecule has 0 aliphatic carbocycles. The quantitative estimate of drug-likeness (QED) is 0.410. The van der Waals surface area contributed by atoms with Crippen LogP contribution in [0.4, 0.5) is 0 Å². The summed E-state index contributed by atoms with van der Waals surface area (Å²) >= 11 is 1.70. The molecule has 3 heteroatoms. The fourth-order valence-electron chi connectivity index (χ4n) is 2.23. The van der Waals surface area contributed by atoms with E-state index in [9.17, 15) is 0 Å². The van der Waals surface area contributed by atoms with Crippen LogP contribution < -0.4 is 5.73 Å². The fourth-order valence-corrected chi connectivity index (χ4v) is 2.92. The third-order valence-electron chi connectivity index (χ3n) is 3.38. The average molecular weight is 304 g/mol. The normalized spacial score (nSPS) is 11.1. The van der Waals surface area contributed by atoms with Crippen molar-refractivity contribution < 1.29 is 0 Å². The van der Waals surface area contributed by atoms with Gasteiger partial charge in [0.25, 0.3) is 0 Å². The van der Waals surface area contributed by atoms with Crippen LogP contribution in [0.2, 0.25) is 0 Å². The summed E-state index contributed by atoms with van der Waals surface area (Å²) < 4.78 is 0. The molecular formula is C19H16N2S. The molecule has 0 spiro atoms. The first kappa shape index (κ1) is 14.4. The third kappa shape index (κ3) is 3.38. The number of benzene rings is 3. The molecule has 0 unspecified atom stereocenters. The molecule has 0 amide bonds. The molecule has 0 saturated carbocycles. The van der Waals surface area contributed by atoms with Crippen molar-refractivity contribution in [3.05, 3.63) is 83.3 Å². The molecule has 0 radical (unpaired) electrons. The number of fused-ring (bicyclic) bond motifs is 1. The van der Waals surface area contributed by atoms with E-state index in [-0.39, 0.29) is 5.84 Å². The summed E-state index contributed by atoms with van der Waals surface area (Å²) in [5.41, 5.74) is 7.44. The topological polar surface area (TPSA) is 49.9 Å². The second-order valence-electron chi connectivity index (χ2n) is 4.97. The number of nitrogens with one attached hydrogen (secondary N) is 1. The largest absolute Gasteiger partial charge is 0.384 e. The molecule has 108 valence electrons. The number of thioether (sulfide) groups is 1. The molecule has 3 aromatic rings. The zero-order chi connectivity index (χ0) is 15.4. The van der Waals surface area contributed by atoms with Crippen molar-refractivity contribution in [2.45, 2.75) is 4.90 Å². The molecule has 3 N–H and O–H groups in total. The molecule has 0 aliphatic rings. The molecular weight excluding hydrogens is 288 g/mol. The van der Waals surface area contributed by atoms with Gasteiger partial charge >= 0.3 is 0 Å². The molecule has 0 bridgehead atoms. The van der Waals surface area contributed by atoms with Crippen molar-refractivity contribution in [3.63, 3.8) is 0 Å². The Balaban J connectivity index is 1.80. The Morgan fingerprint density at radius 1 is 0.909 bits per heavy atom. The van der Waals surface area contributed by atoms with Crippen molar-refractivity contribution in [1.29, 1.82) is 5.41 Å². The van der Waals surface area contributed by atoms with Gasteiger partial charge in [-0.1, -0.05) is 54.2 Å². The van der Waals surface area contributed by atoms with Crippen molar-refractivity contribution >= 4 is 34.4 Å². The Morgan fingerprint density at radius 3 is 2.41 bits per heavy atom. The van der Waals surface area contributed by atoms with E-state index in [4.69, 9.17) is 11.1 Å². The van der Waals surface area contributed by atoms with Gasteiger partial charge in [0, 0.05) is 10.5 Å². The Hall–Kier alpha value is -2.52. The molecule has 0 saturated heterocycles. The number of hydrogen-bond acceptors (Lipinski definition) is 2. The summed E-state index contributed by atoms with van der Waals surface area (Å²) in [6, 6.07) is 22.4. The van der Waals surface area contributed by atoms with E-state index in [0.717, 1.165) is 21.9 Å². The molecule has 0 aromatic heterocycles. The van der Waals surface area contributed by atoms with E-state index in [0.29, 0.717) is 0 Å². The van der Waals surface area contributed by atoms with Crippen LogP contribution in [0.1, 0.15) is 11.1 Å². The van der Waals surface area contributed by atoms with Crippen molar-refractivity contribution in [2.75, 3.05) is 0 Å². The van der Waals surface area contributed by atoms with Gasteiger partial charge in [-0.2, -0.15) is 0 Å². The zero-order valence-electron chi connectivity index (χ0n) is 12.0. The van der Waals surface area contributed by atoms with Gasteiger partial charge in [-0.05, 0) is 52.1 Å². The molecule has 0 heterocycles. The first-order valence-corrected chi connectivity index (χ1v) is 7.87. The number of hydrogen-bond donors (Lipinski definition) is 2. The Kier molecular flexibility index (Phi) is 4.26. The minimum atomic E-state index is 0.102. The van der Waals surface area contributed by atoms with E-state index < -0.39 is 0 Å². The number of nitrogen functional groups attached to an aromatic ring is 1. The highest BCUT2D eigenvalue weighted by atomic mass is 32.2. The SMILES string of the molecule is N=C(N)c1ccc2cc(C=CSc3ccccc3)ccc2c1. The van der Waals surface area contributed by atoms with E-state index in [2.05, 4.69) is 41.8 Å².